The highest BCUT2D eigenvalue weighted by molar-refractivity contribution is 6.33. The molecule has 1 aromatic carbocycles. The molecule has 0 bridgehead atoms. The van der Waals surface area contributed by atoms with Crippen LogP contribution in [0.1, 0.15) is 10.5 Å². The molecule has 1 aromatic heterocycles. The molecule has 0 saturated heterocycles. The second-order valence-electron chi connectivity index (χ2n) is 3.57. The van der Waals surface area contributed by atoms with Crippen LogP contribution in [0.5, 0.6) is 5.75 Å². The molecule has 1 amide bonds. The molecule has 6 nitrogen and oxygen atoms in total. The minimum absolute atomic E-state index is 0.0453. The first kappa shape index (κ1) is 13.7. The molecular weight excluding hydrogens is 291 g/mol. The van der Waals surface area contributed by atoms with Crippen molar-refractivity contribution in [1.29, 1.82) is 0 Å². The van der Waals surface area contributed by atoms with Crippen molar-refractivity contribution in [2.45, 2.75) is 6.73 Å². The summed E-state index contributed by atoms with van der Waals surface area (Å²) in [7, 11) is 0. The quantitative estimate of drug-likeness (QED) is 0.513. The van der Waals surface area contributed by atoms with Gasteiger partial charge in [0.1, 0.15) is 5.75 Å². The predicted octanol–water partition coefficient (Wildman–Crippen LogP) is 1.83. The lowest BCUT2D eigenvalue weighted by atomic mass is 10.3. The summed E-state index contributed by atoms with van der Waals surface area (Å²) in [6.45, 7) is 0.110. The molecule has 2 rings (SSSR count). The van der Waals surface area contributed by atoms with Gasteiger partial charge in [0.2, 0.25) is 0 Å². The van der Waals surface area contributed by atoms with Crippen LogP contribution in [0.4, 0.5) is 0 Å². The second-order valence-corrected chi connectivity index (χ2v) is 4.41. The summed E-state index contributed by atoms with van der Waals surface area (Å²) in [4.78, 5) is 11.3. The molecule has 0 atom stereocenters. The smallest absolute Gasteiger partial charge is 0.287 e. The zero-order valence-electron chi connectivity index (χ0n) is 9.64. The van der Waals surface area contributed by atoms with E-state index in [-0.39, 0.29) is 17.4 Å². The molecule has 0 fully saturated rings. The van der Waals surface area contributed by atoms with Gasteiger partial charge in [-0.2, -0.15) is 5.10 Å². The summed E-state index contributed by atoms with van der Waals surface area (Å²) in [5.41, 5.74) is 2.01. The van der Waals surface area contributed by atoms with E-state index >= 15 is 0 Å². The summed E-state index contributed by atoms with van der Waals surface area (Å²) < 4.78 is 6.84. The fourth-order valence-corrected chi connectivity index (χ4v) is 1.72. The Morgan fingerprint density at radius 2 is 2.05 bits per heavy atom. The van der Waals surface area contributed by atoms with Crippen LogP contribution in [-0.4, -0.2) is 15.7 Å². The molecule has 2 aromatic rings. The molecule has 0 radical (unpaired) electrons. The van der Waals surface area contributed by atoms with E-state index in [4.69, 9.17) is 33.8 Å². The normalized spacial score (nSPS) is 10.3. The first-order valence-corrected chi connectivity index (χ1v) is 5.98. The average molecular weight is 301 g/mol. The maximum absolute atomic E-state index is 11.3. The molecule has 0 saturated carbocycles. The molecule has 0 aliphatic heterocycles. The Kier molecular flexibility index (Phi) is 4.26. The van der Waals surface area contributed by atoms with E-state index in [0.29, 0.717) is 10.8 Å². The molecule has 1 heterocycles. The Morgan fingerprint density at radius 1 is 1.37 bits per heavy atom. The third-order valence-electron chi connectivity index (χ3n) is 2.24. The van der Waals surface area contributed by atoms with Crippen LogP contribution in [-0.2, 0) is 6.73 Å². The summed E-state index contributed by atoms with van der Waals surface area (Å²) in [5.74, 6) is 5.08. The van der Waals surface area contributed by atoms with Crippen LogP contribution in [0.3, 0.4) is 0 Å². The van der Waals surface area contributed by atoms with Crippen molar-refractivity contribution < 1.29 is 9.53 Å². The number of hydrazine groups is 1. The van der Waals surface area contributed by atoms with Crippen LogP contribution >= 0.6 is 23.2 Å². The van der Waals surface area contributed by atoms with Crippen LogP contribution in [0, 0.1) is 0 Å². The first-order valence-electron chi connectivity index (χ1n) is 5.22. The monoisotopic (exact) mass is 300 g/mol. The van der Waals surface area contributed by atoms with Crippen molar-refractivity contribution in [3.63, 3.8) is 0 Å². The Hall–Kier alpha value is -1.76. The van der Waals surface area contributed by atoms with Gasteiger partial charge in [-0.05, 0) is 24.3 Å². The Labute approximate surface area is 119 Å². The molecule has 3 N–H and O–H groups in total. The zero-order valence-corrected chi connectivity index (χ0v) is 11.1. The standard InChI is InChI=1S/C11H10Cl2N4O2/c12-7-1-3-8(4-2-7)19-6-17-5-9(13)10(16-17)11(18)15-14/h1-5H,6,14H2,(H,15,18). The maximum Gasteiger partial charge on any atom is 0.287 e. The number of halogens is 2. The minimum Gasteiger partial charge on any atom is -0.471 e. The Bertz CT molecular complexity index is 583. The number of hydrogen-bond acceptors (Lipinski definition) is 4. The summed E-state index contributed by atoms with van der Waals surface area (Å²) in [5, 5.41) is 4.77. The van der Waals surface area contributed by atoms with Gasteiger partial charge in [-0.15, -0.1) is 0 Å². The SMILES string of the molecule is NNC(=O)c1nn(COc2ccc(Cl)cc2)cc1Cl. The molecular formula is C11H10Cl2N4O2. The molecule has 8 heteroatoms. The molecule has 0 aliphatic carbocycles. The largest absolute Gasteiger partial charge is 0.471 e. The lowest BCUT2D eigenvalue weighted by Gasteiger charge is -2.05. The number of nitrogens with one attached hydrogen (secondary N) is 1. The fraction of sp³-hybridized carbons (Fsp3) is 0.0909. The number of ether oxygens (including phenoxy) is 1. The van der Waals surface area contributed by atoms with Gasteiger partial charge >= 0.3 is 0 Å². The highest BCUT2D eigenvalue weighted by atomic mass is 35.5. The zero-order chi connectivity index (χ0) is 13.8. The Morgan fingerprint density at radius 3 is 2.68 bits per heavy atom. The van der Waals surface area contributed by atoms with E-state index < -0.39 is 5.91 Å². The van der Waals surface area contributed by atoms with E-state index in [2.05, 4.69) is 5.10 Å². The summed E-state index contributed by atoms with van der Waals surface area (Å²) >= 11 is 11.6. The van der Waals surface area contributed by atoms with Crippen molar-refractivity contribution in [2.75, 3.05) is 0 Å². The van der Waals surface area contributed by atoms with E-state index in [1.807, 2.05) is 5.43 Å². The van der Waals surface area contributed by atoms with Crippen LogP contribution < -0.4 is 16.0 Å². The highest BCUT2D eigenvalue weighted by Gasteiger charge is 2.14. The van der Waals surface area contributed by atoms with Crippen LogP contribution in [0.2, 0.25) is 10.0 Å². The molecule has 19 heavy (non-hydrogen) atoms. The third kappa shape index (κ3) is 3.37. The Balaban J connectivity index is 2.04. The predicted molar refractivity (Wildman–Crippen MR) is 71.0 cm³/mol. The summed E-state index contributed by atoms with van der Waals surface area (Å²) in [6.07, 6.45) is 1.47. The van der Waals surface area contributed by atoms with Crippen molar-refractivity contribution in [3.05, 3.63) is 46.2 Å². The van der Waals surface area contributed by atoms with Crippen molar-refractivity contribution in [3.8, 4) is 5.75 Å². The topological polar surface area (TPSA) is 82.2 Å². The van der Waals surface area contributed by atoms with Gasteiger partial charge in [0.05, 0.1) is 5.02 Å². The van der Waals surface area contributed by atoms with Gasteiger partial charge in [-0.3, -0.25) is 10.2 Å². The molecule has 100 valence electrons. The van der Waals surface area contributed by atoms with Gasteiger partial charge in [0.25, 0.3) is 5.91 Å². The van der Waals surface area contributed by atoms with Crippen molar-refractivity contribution in [1.82, 2.24) is 15.2 Å². The lowest BCUT2D eigenvalue weighted by molar-refractivity contribution is 0.0946. The van der Waals surface area contributed by atoms with E-state index in [1.54, 1.807) is 24.3 Å². The number of aromatic nitrogens is 2. The second kappa shape index (κ2) is 5.92. The minimum atomic E-state index is -0.560. The van der Waals surface area contributed by atoms with E-state index in [1.165, 1.54) is 10.9 Å². The van der Waals surface area contributed by atoms with Gasteiger partial charge in [-0.25, -0.2) is 10.5 Å². The van der Waals surface area contributed by atoms with Crippen LogP contribution in [0.25, 0.3) is 0 Å². The van der Waals surface area contributed by atoms with E-state index in [0.717, 1.165) is 0 Å². The van der Waals surface area contributed by atoms with Crippen LogP contribution in [0.15, 0.2) is 30.5 Å². The average Bonchev–Trinajstić information content (AvgIpc) is 2.78. The number of carbonyl (C=O) groups excluding carboxylic acids is 1. The number of rotatable bonds is 4. The number of amides is 1. The fourth-order valence-electron chi connectivity index (χ4n) is 1.36. The molecule has 0 aliphatic rings. The van der Waals surface area contributed by atoms with Gasteiger partial charge < -0.3 is 4.74 Å². The van der Waals surface area contributed by atoms with E-state index in [9.17, 15) is 4.79 Å². The number of hydrogen-bond donors (Lipinski definition) is 2. The number of carbonyl (C=O) groups is 1. The van der Waals surface area contributed by atoms with Gasteiger partial charge in [0.15, 0.2) is 12.4 Å². The molecule has 0 spiro atoms. The number of nitrogens with two attached hydrogens (primary N) is 1. The first-order chi connectivity index (χ1) is 9.10. The highest BCUT2D eigenvalue weighted by Crippen LogP contribution is 2.17. The number of nitrogen functional groups attached to an aromatic ring is 1. The number of benzene rings is 1. The molecule has 0 unspecified atom stereocenters. The summed E-state index contributed by atoms with van der Waals surface area (Å²) in [6, 6.07) is 6.86. The maximum atomic E-state index is 11.3. The van der Waals surface area contributed by atoms with Gasteiger partial charge in [-0.1, -0.05) is 23.2 Å². The lowest BCUT2D eigenvalue weighted by Crippen LogP contribution is -2.30. The van der Waals surface area contributed by atoms with Gasteiger partial charge in [0, 0.05) is 11.2 Å². The van der Waals surface area contributed by atoms with Crippen molar-refractivity contribution in [2.24, 2.45) is 5.84 Å². The number of nitrogens with zero attached hydrogens (tertiary/aromatic N) is 2. The van der Waals surface area contributed by atoms with Crippen molar-refractivity contribution >= 4 is 29.1 Å². The third-order valence-corrected chi connectivity index (χ3v) is 2.77.